The van der Waals surface area contributed by atoms with Crippen molar-refractivity contribution in [2.75, 3.05) is 0 Å². The molecule has 0 atom stereocenters. The first-order chi connectivity index (χ1) is 8.93. The predicted octanol–water partition coefficient (Wildman–Crippen LogP) is 4.11. The zero-order chi connectivity index (χ0) is 13.9. The van der Waals surface area contributed by atoms with Gasteiger partial charge >= 0.3 is 7.25 Å². The number of para-hydroxylation sites is 2. The quantitative estimate of drug-likeness (QED) is 0.330. The number of aromatic amines is 1. The van der Waals surface area contributed by atoms with Gasteiger partial charge in [0.1, 0.15) is 0 Å². The molecular formula is C13H10BF4N. The Morgan fingerprint density at radius 2 is 1.05 bits per heavy atom. The first-order valence-electron chi connectivity index (χ1n) is 5.60. The van der Waals surface area contributed by atoms with Crippen LogP contribution in [0.15, 0.2) is 54.6 Å². The number of pyridine rings is 1. The minimum absolute atomic E-state index is 1.19. The van der Waals surface area contributed by atoms with Crippen molar-refractivity contribution in [3.05, 3.63) is 54.6 Å². The molecule has 0 saturated heterocycles. The molecule has 0 aliphatic rings. The number of halogens is 4. The average Bonchev–Trinajstić information content (AvgIpc) is 2.34. The molecule has 0 saturated carbocycles. The molecule has 0 aliphatic carbocycles. The molecule has 0 amide bonds. The molecule has 3 aromatic rings. The molecule has 98 valence electrons. The fourth-order valence-corrected chi connectivity index (χ4v) is 1.79. The molecule has 6 heteroatoms. The van der Waals surface area contributed by atoms with Gasteiger partial charge in [0.2, 0.25) is 11.0 Å². The predicted molar refractivity (Wildman–Crippen MR) is 68.2 cm³/mol. The number of nitrogens with one attached hydrogen (secondary N) is 1. The summed E-state index contributed by atoms with van der Waals surface area (Å²) in [6, 6.07) is 18.9. The van der Waals surface area contributed by atoms with Gasteiger partial charge in [-0.1, -0.05) is 24.3 Å². The van der Waals surface area contributed by atoms with Crippen molar-refractivity contribution in [1.82, 2.24) is 0 Å². The third-order valence-corrected chi connectivity index (χ3v) is 2.50. The first-order valence-corrected chi connectivity index (χ1v) is 5.60. The lowest BCUT2D eigenvalue weighted by Gasteiger charge is -1.94. The summed E-state index contributed by atoms with van der Waals surface area (Å²) < 4.78 is 39.0. The highest BCUT2D eigenvalue weighted by Gasteiger charge is 2.20. The Morgan fingerprint density at radius 1 is 0.684 bits per heavy atom. The Labute approximate surface area is 107 Å². The number of rotatable bonds is 0. The minimum Gasteiger partial charge on any atom is -0.418 e. The van der Waals surface area contributed by atoms with Crippen LogP contribution in [0.1, 0.15) is 0 Å². The summed E-state index contributed by atoms with van der Waals surface area (Å²) in [7, 11) is -6.00. The van der Waals surface area contributed by atoms with E-state index in [0.717, 1.165) is 0 Å². The van der Waals surface area contributed by atoms with E-state index >= 15 is 0 Å². The highest BCUT2D eigenvalue weighted by molar-refractivity contribution is 6.50. The molecule has 19 heavy (non-hydrogen) atoms. The summed E-state index contributed by atoms with van der Waals surface area (Å²) in [5.41, 5.74) is 2.37. The molecule has 1 aromatic heterocycles. The average molecular weight is 267 g/mol. The lowest BCUT2D eigenvalue weighted by molar-refractivity contribution is -0.310. The van der Waals surface area contributed by atoms with Crippen LogP contribution in [0.3, 0.4) is 0 Å². The van der Waals surface area contributed by atoms with Crippen molar-refractivity contribution in [2.45, 2.75) is 0 Å². The second-order valence-corrected chi connectivity index (χ2v) is 3.94. The Hall–Kier alpha value is -2.11. The smallest absolute Gasteiger partial charge is 0.418 e. The minimum atomic E-state index is -6.00. The molecule has 0 aliphatic heterocycles. The van der Waals surface area contributed by atoms with Gasteiger partial charge in [0.05, 0.1) is 0 Å². The molecule has 1 heterocycles. The Bertz CT molecular complexity index is 586. The van der Waals surface area contributed by atoms with Gasteiger partial charge in [-0.2, -0.15) is 0 Å². The summed E-state index contributed by atoms with van der Waals surface area (Å²) in [6.07, 6.45) is 0. The summed E-state index contributed by atoms with van der Waals surface area (Å²) in [5, 5.41) is 2.51. The molecule has 0 radical (unpaired) electrons. The van der Waals surface area contributed by atoms with Crippen molar-refractivity contribution in [3.8, 4) is 0 Å². The Kier molecular flexibility index (Phi) is 3.69. The third-order valence-electron chi connectivity index (χ3n) is 2.50. The van der Waals surface area contributed by atoms with Gasteiger partial charge < -0.3 is 17.3 Å². The van der Waals surface area contributed by atoms with E-state index < -0.39 is 7.25 Å². The second-order valence-electron chi connectivity index (χ2n) is 3.94. The SMILES string of the molecule is F[B-](F)(F)F.c1ccc2[nH+]c3ccccc3cc2c1. The Balaban J connectivity index is 0.000000232. The summed E-state index contributed by atoms with van der Waals surface area (Å²) >= 11 is 0. The van der Waals surface area contributed by atoms with Crippen LogP contribution in [0.25, 0.3) is 21.8 Å². The van der Waals surface area contributed by atoms with Gasteiger partial charge in [0.25, 0.3) is 0 Å². The topological polar surface area (TPSA) is 14.1 Å². The van der Waals surface area contributed by atoms with Crippen molar-refractivity contribution < 1.29 is 22.2 Å². The van der Waals surface area contributed by atoms with Gasteiger partial charge in [-0.15, -0.1) is 0 Å². The van der Waals surface area contributed by atoms with E-state index in [1.807, 2.05) is 12.1 Å². The maximum atomic E-state index is 9.75. The fraction of sp³-hybridized carbons (Fsp3) is 0. The monoisotopic (exact) mass is 267 g/mol. The van der Waals surface area contributed by atoms with Crippen LogP contribution >= 0.6 is 0 Å². The van der Waals surface area contributed by atoms with Gasteiger partial charge in [0, 0.05) is 22.9 Å². The summed E-state index contributed by atoms with van der Waals surface area (Å²) in [4.78, 5) is 3.41. The van der Waals surface area contributed by atoms with Gasteiger partial charge in [0.15, 0.2) is 0 Å². The van der Waals surface area contributed by atoms with Crippen LogP contribution in [0.5, 0.6) is 0 Å². The number of hydrogen-bond donors (Lipinski definition) is 0. The third kappa shape index (κ3) is 3.94. The number of benzene rings is 2. The molecule has 0 spiro atoms. The lowest BCUT2D eigenvalue weighted by Crippen LogP contribution is -2.04. The van der Waals surface area contributed by atoms with Crippen molar-refractivity contribution in [3.63, 3.8) is 0 Å². The molecule has 2 aromatic carbocycles. The van der Waals surface area contributed by atoms with E-state index in [9.17, 15) is 17.3 Å². The first kappa shape index (κ1) is 13.3. The summed E-state index contributed by atoms with van der Waals surface area (Å²) in [6.45, 7) is 0. The highest BCUT2D eigenvalue weighted by Crippen LogP contribution is 2.15. The number of aromatic nitrogens is 1. The van der Waals surface area contributed by atoms with Crippen LogP contribution in [0.4, 0.5) is 17.3 Å². The number of fused-ring (bicyclic) bond motifs is 2. The molecule has 1 nitrogen and oxygen atoms in total. The second kappa shape index (κ2) is 5.26. The molecule has 0 unspecified atom stereocenters. The standard InChI is InChI=1S/C13H9N.BF4/c1-3-7-12-10(5-1)9-11-6-2-4-8-13(11)14-12;2-1(3,4)5/h1-9H;/q;-1/p+1. The van der Waals surface area contributed by atoms with Crippen molar-refractivity contribution >= 4 is 29.1 Å². The van der Waals surface area contributed by atoms with Crippen LogP contribution in [-0.2, 0) is 0 Å². The number of H-pyrrole nitrogens is 1. The highest BCUT2D eigenvalue weighted by atomic mass is 19.5. The lowest BCUT2D eigenvalue weighted by atomic mass is 10.1. The normalized spacial score (nSPS) is 11.2. The van der Waals surface area contributed by atoms with Crippen LogP contribution < -0.4 is 4.98 Å². The van der Waals surface area contributed by atoms with Crippen LogP contribution in [0.2, 0.25) is 0 Å². The fourth-order valence-electron chi connectivity index (χ4n) is 1.79. The largest absolute Gasteiger partial charge is 0.673 e. The molecule has 0 fully saturated rings. The van der Waals surface area contributed by atoms with Crippen molar-refractivity contribution in [2.24, 2.45) is 0 Å². The van der Waals surface area contributed by atoms with E-state index in [4.69, 9.17) is 0 Å². The van der Waals surface area contributed by atoms with E-state index in [1.165, 1.54) is 21.8 Å². The van der Waals surface area contributed by atoms with Gasteiger partial charge in [-0.05, 0) is 18.2 Å². The zero-order valence-corrected chi connectivity index (χ0v) is 9.79. The van der Waals surface area contributed by atoms with Gasteiger partial charge in [-0.25, -0.2) is 4.98 Å². The number of hydrogen-bond acceptors (Lipinski definition) is 0. The maximum Gasteiger partial charge on any atom is 0.673 e. The van der Waals surface area contributed by atoms with Crippen LogP contribution in [-0.4, -0.2) is 7.25 Å². The van der Waals surface area contributed by atoms with E-state index in [1.54, 1.807) is 0 Å². The Morgan fingerprint density at radius 3 is 1.47 bits per heavy atom. The van der Waals surface area contributed by atoms with E-state index in [-0.39, 0.29) is 0 Å². The zero-order valence-electron chi connectivity index (χ0n) is 9.79. The molecule has 3 rings (SSSR count). The van der Waals surface area contributed by atoms with Gasteiger partial charge in [-0.3, -0.25) is 0 Å². The molecular weight excluding hydrogens is 257 g/mol. The summed E-state index contributed by atoms with van der Waals surface area (Å²) in [5.74, 6) is 0. The molecule has 0 bridgehead atoms. The van der Waals surface area contributed by atoms with E-state index in [2.05, 4.69) is 47.4 Å². The maximum absolute atomic E-state index is 9.75. The van der Waals surface area contributed by atoms with Crippen molar-refractivity contribution in [1.29, 1.82) is 0 Å². The molecule has 1 N–H and O–H groups in total. The van der Waals surface area contributed by atoms with E-state index in [0.29, 0.717) is 0 Å². The van der Waals surface area contributed by atoms with Crippen LogP contribution in [0, 0.1) is 0 Å².